The first-order valence-corrected chi connectivity index (χ1v) is 11.3. The summed E-state index contributed by atoms with van der Waals surface area (Å²) in [5, 5.41) is 11.6. The number of carbonyl (C=O) groups is 2. The SMILES string of the molecule is COc1cccc(CN2C(=O)C(O)=C(C(=O)c3cc4cc(Br)ccc4o3)C2c2ccncc2)c1. The average molecular weight is 519 g/mol. The van der Waals surface area contributed by atoms with Crippen LogP contribution >= 0.6 is 15.9 Å². The van der Waals surface area contributed by atoms with Gasteiger partial charge in [-0.2, -0.15) is 0 Å². The fourth-order valence-electron chi connectivity index (χ4n) is 4.17. The molecule has 1 N–H and O–H groups in total. The van der Waals surface area contributed by atoms with Gasteiger partial charge in [0.25, 0.3) is 5.91 Å². The first kappa shape index (κ1) is 21.9. The van der Waals surface area contributed by atoms with Gasteiger partial charge in [-0.15, -0.1) is 0 Å². The summed E-state index contributed by atoms with van der Waals surface area (Å²) in [5.74, 6) is -1.08. The van der Waals surface area contributed by atoms with Crippen molar-refractivity contribution in [3.63, 3.8) is 0 Å². The Bertz CT molecular complexity index is 1440. The van der Waals surface area contributed by atoms with Gasteiger partial charge < -0.3 is 19.2 Å². The third kappa shape index (κ3) is 3.86. The van der Waals surface area contributed by atoms with Crippen LogP contribution in [0.4, 0.5) is 0 Å². The Morgan fingerprint density at radius 1 is 1.15 bits per heavy atom. The van der Waals surface area contributed by atoms with E-state index in [9.17, 15) is 14.7 Å². The van der Waals surface area contributed by atoms with Crippen molar-refractivity contribution in [1.29, 1.82) is 0 Å². The molecule has 0 saturated carbocycles. The van der Waals surface area contributed by atoms with Gasteiger partial charge in [-0.05, 0) is 59.7 Å². The van der Waals surface area contributed by atoms with Gasteiger partial charge in [0.2, 0.25) is 5.78 Å². The number of nitrogens with zero attached hydrogens (tertiary/aromatic N) is 2. The third-order valence-electron chi connectivity index (χ3n) is 5.76. The monoisotopic (exact) mass is 518 g/mol. The Kier molecular flexibility index (Phi) is 5.67. The summed E-state index contributed by atoms with van der Waals surface area (Å²) in [6.45, 7) is 0.164. The number of aliphatic hydroxyl groups is 1. The number of benzene rings is 2. The molecular weight excluding hydrogens is 500 g/mol. The van der Waals surface area contributed by atoms with E-state index in [4.69, 9.17) is 9.15 Å². The molecule has 1 amide bonds. The lowest BCUT2D eigenvalue weighted by Gasteiger charge is -2.26. The van der Waals surface area contributed by atoms with Crippen LogP contribution in [-0.2, 0) is 11.3 Å². The molecule has 1 aliphatic heterocycles. The summed E-state index contributed by atoms with van der Waals surface area (Å²) >= 11 is 3.41. The second-order valence-electron chi connectivity index (χ2n) is 7.85. The first-order chi connectivity index (χ1) is 16.5. The molecule has 0 aliphatic carbocycles. The van der Waals surface area contributed by atoms with Crippen molar-refractivity contribution < 1.29 is 23.8 Å². The Hall–Kier alpha value is -3.91. The van der Waals surface area contributed by atoms with E-state index in [1.807, 2.05) is 30.3 Å². The maximum absolute atomic E-state index is 13.6. The van der Waals surface area contributed by atoms with Crippen molar-refractivity contribution in [2.45, 2.75) is 12.6 Å². The number of hydrogen-bond donors (Lipinski definition) is 1. The zero-order chi connectivity index (χ0) is 23.8. The van der Waals surface area contributed by atoms with Gasteiger partial charge in [0.15, 0.2) is 11.5 Å². The first-order valence-electron chi connectivity index (χ1n) is 10.5. The molecule has 0 spiro atoms. The zero-order valence-corrected chi connectivity index (χ0v) is 19.7. The minimum absolute atomic E-state index is 0.0304. The molecule has 1 unspecified atom stereocenters. The number of ketones is 1. The number of furan rings is 1. The highest BCUT2D eigenvalue weighted by molar-refractivity contribution is 9.10. The molecule has 0 bridgehead atoms. The summed E-state index contributed by atoms with van der Waals surface area (Å²) in [6.07, 6.45) is 3.17. The number of ether oxygens (including phenoxy) is 1. The van der Waals surface area contributed by atoms with Gasteiger partial charge >= 0.3 is 0 Å². The van der Waals surface area contributed by atoms with Gasteiger partial charge in [-0.1, -0.05) is 28.1 Å². The highest BCUT2D eigenvalue weighted by Crippen LogP contribution is 2.40. The van der Waals surface area contributed by atoms with Crippen molar-refractivity contribution in [3.05, 3.63) is 106 Å². The fraction of sp³-hybridized carbons (Fsp3) is 0.115. The van der Waals surface area contributed by atoms with Gasteiger partial charge in [-0.25, -0.2) is 0 Å². The highest BCUT2D eigenvalue weighted by atomic mass is 79.9. The van der Waals surface area contributed by atoms with Gasteiger partial charge in [-0.3, -0.25) is 14.6 Å². The summed E-state index contributed by atoms with van der Waals surface area (Å²) in [4.78, 5) is 32.3. The van der Waals surface area contributed by atoms with E-state index in [1.54, 1.807) is 49.8 Å². The van der Waals surface area contributed by atoms with E-state index in [-0.39, 0.29) is 17.9 Å². The summed E-state index contributed by atoms with van der Waals surface area (Å²) in [7, 11) is 1.57. The normalized spacial score (nSPS) is 15.9. The van der Waals surface area contributed by atoms with E-state index in [0.29, 0.717) is 16.9 Å². The molecule has 0 radical (unpaired) electrons. The van der Waals surface area contributed by atoms with Crippen LogP contribution in [0.1, 0.15) is 27.7 Å². The number of rotatable bonds is 6. The number of carbonyl (C=O) groups excluding carboxylic acids is 2. The van der Waals surface area contributed by atoms with Gasteiger partial charge in [0, 0.05) is 28.8 Å². The third-order valence-corrected chi connectivity index (χ3v) is 6.25. The Balaban J connectivity index is 1.58. The maximum atomic E-state index is 13.6. The smallest absolute Gasteiger partial charge is 0.290 e. The van der Waals surface area contributed by atoms with E-state index in [1.165, 1.54) is 4.90 Å². The number of methoxy groups -OCH3 is 1. The van der Waals surface area contributed by atoms with Crippen LogP contribution in [0.25, 0.3) is 11.0 Å². The molecule has 1 atom stereocenters. The van der Waals surface area contributed by atoms with Crippen molar-refractivity contribution in [2.75, 3.05) is 7.11 Å². The van der Waals surface area contributed by atoms with E-state index in [0.717, 1.165) is 15.4 Å². The molecule has 170 valence electrons. The lowest BCUT2D eigenvalue weighted by Crippen LogP contribution is -2.30. The molecule has 1 aliphatic rings. The number of fused-ring (bicyclic) bond motifs is 1. The minimum Gasteiger partial charge on any atom is -0.503 e. The topological polar surface area (TPSA) is 92.9 Å². The molecule has 2 aromatic carbocycles. The minimum atomic E-state index is -0.811. The van der Waals surface area contributed by atoms with Gasteiger partial charge in [0.05, 0.1) is 18.7 Å². The maximum Gasteiger partial charge on any atom is 0.290 e. The molecule has 2 aromatic heterocycles. The Morgan fingerprint density at radius 3 is 2.71 bits per heavy atom. The average Bonchev–Trinajstić information content (AvgIpc) is 3.38. The number of aromatic nitrogens is 1. The summed E-state index contributed by atoms with van der Waals surface area (Å²) in [5.41, 5.74) is 1.95. The summed E-state index contributed by atoms with van der Waals surface area (Å²) in [6, 6.07) is 16.9. The van der Waals surface area contributed by atoms with Crippen LogP contribution in [0.3, 0.4) is 0 Å². The number of aliphatic hydroxyl groups excluding tert-OH is 1. The molecule has 8 heteroatoms. The van der Waals surface area contributed by atoms with Crippen LogP contribution in [0.5, 0.6) is 5.75 Å². The Labute approximate surface area is 203 Å². The number of Topliss-reactive ketones (excluding diaryl/α,β-unsaturated/α-hetero) is 1. The van der Waals surface area contributed by atoms with Crippen LogP contribution in [0.2, 0.25) is 0 Å². The van der Waals surface area contributed by atoms with E-state index in [2.05, 4.69) is 20.9 Å². The quantitative estimate of drug-likeness (QED) is 0.344. The van der Waals surface area contributed by atoms with Crippen LogP contribution in [-0.4, -0.2) is 33.8 Å². The van der Waals surface area contributed by atoms with Crippen molar-refractivity contribution in [1.82, 2.24) is 9.88 Å². The van der Waals surface area contributed by atoms with Gasteiger partial charge in [0.1, 0.15) is 11.3 Å². The molecule has 34 heavy (non-hydrogen) atoms. The molecule has 7 nitrogen and oxygen atoms in total. The molecule has 0 fully saturated rings. The van der Waals surface area contributed by atoms with Crippen LogP contribution < -0.4 is 4.74 Å². The van der Waals surface area contributed by atoms with E-state index < -0.39 is 23.5 Å². The second-order valence-corrected chi connectivity index (χ2v) is 8.77. The van der Waals surface area contributed by atoms with Crippen LogP contribution in [0, 0.1) is 0 Å². The molecular formula is C26H19BrN2O5. The molecule has 5 rings (SSSR count). The van der Waals surface area contributed by atoms with Crippen molar-refractivity contribution in [2.24, 2.45) is 0 Å². The predicted molar refractivity (Wildman–Crippen MR) is 128 cm³/mol. The standard InChI is InChI=1S/C26H19BrN2O5/c1-33-19-4-2-3-15(11-19)14-29-23(16-7-9-28-10-8-16)22(25(31)26(29)32)24(30)21-13-17-12-18(27)5-6-20(17)34-21/h2-13,23,31H,14H2,1H3. The number of hydrogen-bond acceptors (Lipinski definition) is 6. The Morgan fingerprint density at radius 2 is 1.94 bits per heavy atom. The predicted octanol–water partition coefficient (Wildman–Crippen LogP) is 5.38. The largest absolute Gasteiger partial charge is 0.503 e. The molecule has 3 heterocycles. The van der Waals surface area contributed by atoms with E-state index >= 15 is 0 Å². The number of halogens is 1. The van der Waals surface area contributed by atoms with Crippen molar-refractivity contribution in [3.8, 4) is 5.75 Å². The number of amides is 1. The van der Waals surface area contributed by atoms with Crippen LogP contribution in [0.15, 0.2) is 93.3 Å². The molecule has 4 aromatic rings. The lowest BCUT2D eigenvalue weighted by atomic mass is 9.95. The number of pyridine rings is 1. The molecule has 0 saturated heterocycles. The van der Waals surface area contributed by atoms with Crippen molar-refractivity contribution >= 4 is 38.6 Å². The summed E-state index contributed by atoms with van der Waals surface area (Å²) < 4.78 is 11.9. The highest BCUT2D eigenvalue weighted by Gasteiger charge is 2.44. The zero-order valence-electron chi connectivity index (χ0n) is 18.1. The second kappa shape index (κ2) is 8.79. The lowest BCUT2D eigenvalue weighted by molar-refractivity contribution is -0.130. The fourth-order valence-corrected chi connectivity index (χ4v) is 4.55.